The molecule has 6 heteroatoms. The largest absolute Gasteiger partial charge is 0.455 e. The molecule has 1 aromatic carbocycles. The van der Waals surface area contributed by atoms with E-state index in [1.165, 1.54) is 0 Å². The minimum Gasteiger partial charge on any atom is -0.455 e. The molecule has 0 bridgehead atoms. The van der Waals surface area contributed by atoms with Gasteiger partial charge in [0.2, 0.25) is 0 Å². The lowest BCUT2D eigenvalue weighted by atomic mass is 10.1. The number of halogens is 1. The molecule has 2 heterocycles. The van der Waals surface area contributed by atoms with E-state index in [1.54, 1.807) is 12.1 Å². The highest BCUT2D eigenvalue weighted by molar-refractivity contribution is 6.30. The number of furan rings is 1. The molecule has 3 aromatic rings. The highest BCUT2D eigenvalue weighted by atomic mass is 35.5. The van der Waals surface area contributed by atoms with E-state index in [9.17, 15) is 0 Å². The van der Waals surface area contributed by atoms with Gasteiger partial charge in [0, 0.05) is 11.4 Å². The Balaban J connectivity index is 1.78. The van der Waals surface area contributed by atoms with Crippen LogP contribution in [0.3, 0.4) is 0 Å². The molecule has 5 nitrogen and oxygen atoms in total. The molecular weight excluding hydrogens is 278 g/mol. The lowest BCUT2D eigenvalue weighted by molar-refractivity contribution is 0.406. The third-order valence-electron chi connectivity index (χ3n) is 2.82. The molecule has 0 saturated carbocycles. The number of aromatic nitrogens is 2. The third kappa shape index (κ3) is 2.74. The molecule has 0 aliphatic rings. The summed E-state index contributed by atoms with van der Waals surface area (Å²) in [5, 5.41) is 4.64. The molecule has 0 saturated heterocycles. The van der Waals surface area contributed by atoms with Crippen molar-refractivity contribution in [3.05, 3.63) is 58.6 Å². The van der Waals surface area contributed by atoms with Gasteiger partial charge in [-0.1, -0.05) is 28.9 Å². The van der Waals surface area contributed by atoms with Gasteiger partial charge in [-0.2, -0.15) is 4.98 Å². The first-order valence-electron chi connectivity index (χ1n) is 6.11. The van der Waals surface area contributed by atoms with Crippen molar-refractivity contribution >= 4 is 11.6 Å². The van der Waals surface area contributed by atoms with E-state index < -0.39 is 0 Å². The lowest BCUT2D eigenvalue weighted by Gasteiger charge is -1.96. The van der Waals surface area contributed by atoms with Gasteiger partial charge in [-0.25, -0.2) is 0 Å². The fourth-order valence-corrected chi connectivity index (χ4v) is 1.94. The van der Waals surface area contributed by atoms with Crippen molar-refractivity contribution in [2.45, 2.75) is 13.0 Å². The van der Waals surface area contributed by atoms with Crippen LogP contribution in [0.15, 0.2) is 45.3 Å². The first kappa shape index (κ1) is 12.9. The van der Waals surface area contributed by atoms with Crippen molar-refractivity contribution in [1.82, 2.24) is 10.1 Å². The summed E-state index contributed by atoms with van der Waals surface area (Å²) in [5.41, 5.74) is 6.55. The van der Waals surface area contributed by atoms with Gasteiger partial charge < -0.3 is 14.7 Å². The van der Waals surface area contributed by atoms with Crippen molar-refractivity contribution < 1.29 is 8.94 Å². The summed E-state index contributed by atoms with van der Waals surface area (Å²) in [6.45, 7) is 0.339. The molecule has 2 aromatic heterocycles. The van der Waals surface area contributed by atoms with E-state index in [1.807, 2.05) is 24.3 Å². The molecule has 0 aliphatic carbocycles. The topological polar surface area (TPSA) is 78.1 Å². The van der Waals surface area contributed by atoms with E-state index in [0.717, 1.165) is 5.56 Å². The standard InChI is InChI=1S/C14H12ClN3O2/c15-10-3-1-9(2-4-10)7-13-17-14(20-18-13)12-6-5-11(8-16)19-12/h1-6H,7-8,16H2. The van der Waals surface area contributed by atoms with Gasteiger partial charge in [0.15, 0.2) is 11.6 Å². The maximum absolute atomic E-state index is 5.84. The number of nitrogens with two attached hydrogens (primary N) is 1. The van der Waals surface area contributed by atoms with Crippen LogP contribution in [0.5, 0.6) is 0 Å². The Labute approximate surface area is 120 Å². The average Bonchev–Trinajstić information content (AvgIpc) is 3.10. The second kappa shape index (κ2) is 5.48. The third-order valence-corrected chi connectivity index (χ3v) is 3.07. The molecule has 2 N–H and O–H groups in total. The van der Waals surface area contributed by atoms with Crippen LogP contribution in [0.1, 0.15) is 17.1 Å². The minimum atomic E-state index is 0.339. The SMILES string of the molecule is NCc1ccc(-c2nc(Cc3ccc(Cl)cc3)no2)o1. The van der Waals surface area contributed by atoms with Crippen LogP contribution in [0.25, 0.3) is 11.7 Å². The van der Waals surface area contributed by atoms with Gasteiger partial charge in [-0.3, -0.25) is 0 Å². The molecule has 0 unspecified atom stereocenters. The highest BCUT2D eigenvalue weighted by Gasteiger charge is 2.13. The Morgan fingerprint density at radius 3 is 2.60 bits per heavy atom. The Morgan fingerprint density at radius 2 is 1.90 bits per heavy atom. The predicted octanol–water partition coefficient (Wildman–Crippen LogP) is 3.03. The number of hydrogen-bond acceptors (Lipinski definition) is 5. The minimum absolute atomic E-state index is 0.339. The molecule has 0 aliphatic heterocycles. The van der Waals surface area contributed by atoms with Gasteiger partial charge in [-0.15, -0.1) is 0 Å². The van der Waals surface area contributed by atoms with Gasteiger partial charge in [0.05, 0.1) is 6.54 Å². The van der Waals surface area contributed by atoms with Crippen molar-refractivity contribution in [3.8, 4) is 11.7 Å². The predicted molar refractivity (Wildman–Crippen MR) is 74.1 cm³/mol. The molecule has 0 fully saturated rings. The summed E-state index contributed by atoms with van der Waals surface area (Å²) in [4.78, 5) is 4.30. The first-order chi connectivity index (χ1) is 9.74. The summed E-state index contributed by atoms with van der Waals surface area (Å²) in [6, 6.07) is 11.1. The van der Waals surface area contributed by atoms with Gasteiger partial charge in [-0.05, 0) is 29.8 Å². The van der Waals surface area contributed by atoms with Crippen molar-refractivity contribution in [3.63, 3.8) is 0 Å². The van der Waals surface area contributed by atoms with Crippen LogP contribution >= 0.6 is 11.6 Å². The number of hydrogen-bond donors (Lipinski definition) is 1. The zero-order chi connectivity index (χ0) is 13.9. The summed E-state index contributed by atoms with van der Waals surface area (Å²) in [7, 11) is 0. The average molecular weight is 290 g/mol. The van der Waals surface area contributed by atoms with Crippen LogP contribution in [0, 0.1) is 0 Å². The second-order valence-electron chi connectivity index (χ2n) is 4.29. The van der Waals surface area contributed by atoms with Crippen LogP contribution < -0.4 is 5.73 Å². The molecule has 0 radical (unpaired) electrons. The highest BCUT2D eigenvalue weighted by Crippen LogP contribution is 2.21. The van der Waals surface area contributed by atoms with E-state index in [2.05, 4.69) is 10.1 Å². The van der Waals surface area contributed by atoms with Crippen molar-refractivity contribution in [2.24, 2.45) is 5.73 Å². The Morgan fingerprint density at radius 1 is 1.10 bits per heavy atom. The maximum Gasteiger partial charge on any atom is 0.293 e. The fourth-order valence-electron chi connectivity index (χ4n) is 1.81. The van der Waals surface area contributed by atoms with Gasteiger partial charge in [0.1, 0.15) is 5.76 Å². The van der Waals surface area contributed by atoms with Crippen molar-refractivity contribution in [1.29, 1.82) is 0 Å². The number of benzene rings is 1. The van der Waals surface area contributed by atoms with E-state index >= 15 is 0 Å². The zero-order valence-electron chi connectivity index (χ0n) is 10.5. The smallest absolute Gasteiger partial charge is 0.293 e. The number of nitrogens with zero attached hydrogens (tertiary/aromatic N) is 2. The van der Waals surface area contributed by atoms with E-state index in [4.69, 9.17) is 26.3 Å². The molecular formula is C14H12ClN3O2. The monoisotopic (exact) mass is 289 g/mol. The van der Waals surface area contributed by atoms with E-state index in [0.29, 0.717) is 41.2 Å². The number of rotatable bonds is 4. The molecule has 0 atom stereocenters. The van der Waals surface area contributed by atoms with Crippen LogP contribution in [0.2, 0.25) is 5.02 Å². The maximum atomic E-state index is 5.84. The summed E-state index contributed by atoms with van der Waals surface area (Å²) in [6.07, 6.45) is 0.575. The van der Waals surface area contributed by atoms with Crippen LogP contribution in [0.4, 0.5) is 0 Å². The molecule has 0 spiro atoms. The second-order valence-corrected chi connectivity index (χ2v) is 4.73. The first-order valence-corrected chi connectivity index (χ1v) is 6.48. The quantitative estimate of drug-likeness (QED) is 0.798. The van der Waals surface area contributed by atoms with Crippen molar-refractivity contribution in [2.75, 3.05) is 0 Å². The van der Waals surface area contributed by atoms with E-state index in [-0.39, 0.29) is 0 Å². The molecule has 0 amide bonds. The van der Waals surface area contributed by atoms with Gasteiger partial charge in [0.25, 0.3) is 5.89 Å². The summed E-state index contributed by atoms with van der Waals surface area (Å²) >= 11 is 5.84. The Kier molecular flexibility index (Phi) is 3.54. The Hall–Kier alpha value is -2.11. The van der Waals surface area contributed by atoms with Gasteiger partial charge >= 0.3 is 0 Å². The molecule has 20 heavy (non-hydrogen) atoms. The molecule has 3 rings (SSSR count). The van der Waals surface area contributed by atoms with Crippen LogP contribution in [-0.4, -0.2) is 10.1 Å². The Bertz CT molecular complexity index is 703. The summed E-state index contributed by atoms with van der Waals surface area (Å²) in [5.74, 6) is 2.15. The fraction of sp³-hybridized carbons (Fsp3) is 0.143. The zero-order valence-corrected chi connectivity index (χ0v) is 11.3. The molecule has 102 valence electrons. The normalized spacial score (nSPS) is 10.9. The lowest BCUT2D eigenvalue weighted by Crippen LogP contribution is -1.92. The summed E-state index contributed by atoms with van der Waals surface area (Å²) < 4.78 is 10.6. The van der Waals surface area contributed by atoms with Crippen LogP contribution in [-0.2, 0) is 13.0 Å².